The Morgan fingerprint density at radius 3 is 2.41 bits per heavy atom. The summed E-state index contributed by atoms with van der Waals surface area (Å²) in [6, 6.07) is 9.79. The van der Waals surface area contributed by atoms with Crippen molar-refractivity contribution in [3.63, 3.8) is 0 Å². The number of nitrogens with one attached hydrogen (secondary N) is 1. The number of imide groups is 1. The summed E-state index contributed by atoms with van der Waals surface area (Å²) in [7, 11) is 0. The fraction of sp³-hybridized carbons (Fsp3) is 0.227. The molecule has 0 atom stereocenters. The van der Waals surface area contributed by atoms with Gasteiger partial charge in [-0.05, 0) is 73.6 Å². The Labute approximate surface area is 197 Å². The third-order valence-corrected chi connectivity index (χ3v) is 5.91. The van der Waals surface area contributed by atoms with Crippen molar-refractivity contribution in [2.45, 2.75) is 36.3 Å². The van der Waals surface area contributed by atoms with Crippen molar-refractivity contribution in [3.05, 3.63) is 66.6 Å². The lowest BCUT2D eigenvalue weighted by molar-refractivity contribution is -0.123. The Bertz CT molecular complexity index is 1210. The third-order valence-electron chi connectivity index (χ3n) is 5.17. The van der Waals surface area contributed by atoms with Gasteiger partial charge in [0.2, 0.25) is 0 Å². The van der Waals surface area contributed by atoms with E-state index in [0.29, 0.717) is 11.5 Å². The van der Waals surface area contributed by atoms with Crippen LogP contribution in [0.25, 0.3) is 0 Å². The van der Waals surface area contributed by atoms with Gasteiger partial charge >= 0.3 is 11.5 Å². The number of rotatable bonds is 6. The van der Waals surface area contributed by atoms with Gasteiger partial charge in [0.25, 0.3) is 5.91 Å². The minimum atomic E-state index is -4.42. The van der Waals surface area contributed by atoms with Crippen LogP contribution >= 0.6 is 11.8 Å². The summed E-state index contributed by atoms with van der Waals surface area (Å²) in [5, 5.41) is 10.6. The van der Waals surface area contributed by atoms with Crippen LogP contribution in [-0.2, 0) is 11.3 Å². The molecule has 0 aliphatic carbocycles. The molecule has 12 heteroatoms. The number of hydrogen-bond acceptors (Lipinski definition) is 7. The van der Waals surface area contributed by atoms with Gasteiger partial charge in [-0.2, -0.15) is 23.4 Å². The van der Waals surface area contributed by atoms with Crippen molar-refractivity contribution in [2.75, 3.05) is 10.2 Å². The van der Waals surface area contributed by atoms with E-state index in [1.807, 2.05) is 0 Å². The molecular weight excluding hydrogens is 469 g/mol. The van der Waals surface area contributed by atoms with E-state index in [0.717, 1.165) is 10.5 Å². The van der Waals surface area contributed by atoms with Gasteiger partial charge in [-0.15, -0.1) is 0 Å². The van der Waals surface area contributed by atoms with Crippen LogP contribution in [0.1, 0.15) is 19.4 Å². The van der Waals surface area contributed by atoms with Gasteiger partial charge in [-0.3, -0.25) is 4.79 Å². The summed E-state index contributed by atoms with van der Waals surface area (Å²) in [5.41, 5.74) is -3.97. The Morgan fingerprint density at radius 1 is 1.03 bits per heavy atom. The second-order valence-corrected chi connectivity index (χ2v) is 9.05. The Hall–Kier alpha value is -3.67. The normalized spacial score (nSPS) is 15.7. The average molecular weight is 488 g/mol. The van der Waals surface area contributed by atoms with Gasteiger partial charge in [0.15, 0.2) is 0 Å². The van der Waals surface area contributed by atoms with Crippen LogP contribution in [0.4, 0.5) is 35.2 Å². The molecule has 176 valence electrons. The van der Waals surface area contributed by atoms with Gasteiger partial charge in [0.1, 0.15) is 11.4 Å². The number of halogens is 3. The number of pyridine rings is 1. The maximum absolute atomic E-state index is 13.2. The molecule has 1 fully saturated rings. The fourth-order valence-corrected chi connectivity index (χ4v) is 4.00. The molecule has 3 amide bonds. The predicted octanol–water partition coefficient (Wildman–Crippen LogP) is 4.97. The summed E-state index contributed by atoms with van der Waals surface area (Å²) in [6.07, 6.45) is 4.65. The number of hydrogen-bond donors (Lipinski definition) is 1. The first-order valence-corrected chi connectivity index (χ1v) is 10.9. The summed E-state index contributed by atoms with van der Waals surface area (Å²) >= 11 is -0.261. The molecule has 4 rings (SSSR count). The zero-order valence-electron chi connectivity index (χ0n) is 18.1. The zero-order valence-corrected chi connectivity index (χ0v) is 18.9. The lowest BCUT2D eigenvalue weighted by Crippen LogP contribution is -2.43. The molecule has 3 heterocycles. The molecule has 0 spiro atoms. The Kier molecular flexibility index (Phi) is 6.17. The highest BCUT2D eigenvalue weighted by molar-refractivity contribution is 8.00. The largest absolute Gasteiger partial charge is 0.446 e. The van der Waals surface area contributed by atoms with E-state index in [2.05, 4.69) is 20.5 Å². The van der Waals surface area contributed by atoms with Crippen LogP contribution in [0.2, 0.25) is 0 Å². The number of benzene rings is 1. The molecule has 1 N–H and O–H groups in total. The molecule has 0 radical (unpaired) electrons. The van der Waals surface area contributed by atoms with E-state index in [1.54, 1.807) is 38.2 Å². The third kappa shape index (κ3) is 4.96. The number of amides is 3. The molecule has 0 bridgehead atoms. The van der Waals surface area contributed by atoms with Crippen LogP contribution in [0.15, 0.2) is 66.0 Å². The van der Waals surface area contributed by atoms with Gasteiger partial charge < -0.3 is 10.2 Å². The molecule has 3 aromatic rings. The summed E-state index contributed by atoms with van der Waals surface area (Å²) < 4.78 is 37.8. The second kappa shape index (κ2) is 8.93. The minimum absolute atomic E-state index is 0.0346. The number of alkyl halides is 3. The first-order valence-electron chi connectivity index (χ1n) is 10.1. The predicted molar refractivity (Wildman–Crippen MR) is 120 cm³/mol. The van der Waals surface area contributed by atoms with Crippen LogP contribution in [-0.4, -0.2) is 43.1 Å². The molecule has 1 saturated heterocycles. The van der Waals surface area contributed by atoms with E-state index in [9.17, 15) is 22.8 Å². The minimum Gasteiger partial charge on any atom is -0.339 e. The SMILES string of the molecule is CC1(C)C(=O)N(c2ccc(SC(F)(F)F)cc2)C(=O)N1Cc1ccnc(Nc2ccnnc2)c1. The Morgan fingerprint density at radius 2 is 1.76 bits per heavy atom. The molecular formula is C22H19F3N6O2S. The molecule has 34 heavy (non-hydrogen) atoms. The lowest BCUT2D eigenvalue weighted by atomic mass is 10.0. The van der Waals surface area contributed by atoms with Gasteiger partial charge in [-0.1, -0.05) is 0 Å². The Balaban J connectivity index is 1.54. The summed E-state index contributed by atoms with van der Waals surface area (Å²) in [4.78, 5) is 33.0. The van der Waals surface area contributed by atoms with E-state index >= 15 is 0 Å². The number of urea groups is 1. The monoisotopic (exact) mass is 488 g/mol. The average Bonchev–Trinajstić information content (AvgIpc) is 2.94. The standard InChI is InChI=1S/C22H19F3N6O2S/c1-21(2)19(32)31(16-3-5-17(6-4-16)34-22(23,24)25)20(33)30(21)13-14-7-9-26-18(11-14)29-15-8-10-27-28-12-15/h3-12H,13H2,1-2H3,(H,26,27,29). The number of carbonyl (C=O) groups is 2. The maximum atomic E-state index is 13.2. The fourth-order valence-electron chi connectivity index (χ4n) is 3.46. The van der Waals surface area contributed by atoms with Crippen molar-refractivity contribution in [1.29, 1.82) is 0 Å². The first-order chi connectivity index (χ1) is 16.0. The van der Waals surface area contributed by atoms with E-state index < -0.39 is 23.0 Å². The van der Waals surface area contributed by atoms with Crippen LogP contribution in [0.3, 0.4) is 0 Å². The number of aromatic nitrogens is 3. The highest BCUT2D eigenvalue weighted by atomic mass is 32.2. The maximum Gasteiger partial charge on any atom is 0.446 e. The smallest absolute Gasteiger partial charge is 0.339 e. The highest BCUT2D eigenvalue weighted by Crippen LogP contribution is 2.39. The number of anilines is 3. The van der Waals surface area contributed by atoms with Crippen molar-refractivity contribution in [2.24, 2.45) is 0 Å². The van der Waals surface area contributed by atoms with E-state index in [4.69, 9.17) is 0 Å². The number of thioether (sulfide) groups is 1. The van der Waals surface area contributed by atoms with Gasteiger partial charge in [-0.25, -0.2) is 14.7 Å². The molecule has 1 aliphatic rings. The quantitative estimate of drug-likeness (QED) is 0.387. The molecule has 0 saturated carbocycles. The molecule has 1 aliphatic heterocycles. The van der Waals surface area contributed by atoms with Crippen molar-refractivity contribution < 1.29 is 22.8 Å². The molecule has 0 unspecified atom stereocenters. The molecule has 2 aromatic heterocycles. The topological polar surface area (TPSA) is 91.3 Å². The summed E-state index contributed by atoms with van der Waals surface area (Å²) in [5.74, 6) is 0.0554. The van der Waals surface area contributed by atoms with E-state index in [1.165, 1.54) is 41.6 Å². The molecule has 1 aromatic carbocycles. The first kappa shape index (κ1) is 23.5. The number of nitrogens with zero attached hydrogens (tertiary/aromatic N) is 5. The van der Waals surface area contributed by atoms with Crippen LogP contribution in [0.5, 0.6) is 0 Å². The highest BCUT2D eigenvalue weighted by Gasteiger charge is 2.51. The number of carbonyl (C=O) groups excluding carboxylic acids is 2. The summed E-state index contributed by atoms with van der Waals surface area (Å²) in [6.45, 7) is 3.38. The molecule has 8 nitrogen and oxygen atoms in total. The van der Waals surface area contributed by atoms with Gasteiger partial charge in [0.05, 0.1) is 23.8 Å². The second-order valence-electron chi connectivity index (χ2n) is 7.92. The van der Waals surface area contributed by atoms with Crippen molar-refractivity contribution in [3.8, 4) is 0 Å². The van der Waals surface area contributed by atoms with Crippen LogP contribution < -0.4 is 10.2 Å². The van der Waals surface area contributed by atoms with Crippen LogP contribution in [0, 0.1) is 0 Å². The zero-order chi connectivity index (χ0) is 24.5. The van der Waals surface area contributed by atoms with Gasteiger partial charge in [0, 0.05) is 17.6 Å². The lowest BCUT2D eigenvalue weighted by Gasteiger charge is -2.27. The van der Waals surface area contributed by atoms with Crippen molar-refractivity contribution in [1.82, 2.24) is 20.1 Å². The van der Waals surface area contributed by atoms with Crippen molar-refractivity contribution >= 4 is 40.9 Å². The van der Waals surface area contributed by atoms with E-state index in [-0.39, 0.29) is 28.9 Å².